The van der Waals surface area contributed by atoms with E-state index in [9.17, 15) is 0 Å². The Kier molecular flexibility index (Phi) is 6.17. The van der Waals surface area contributed by atoms with Crippen LogP contribution in [-0.4, -0.2) is 0 Å². The fourth-order valence-corrected chi connectivity index (χ4v) is 2.68. The zero-order valence-electron chi connectivity index (χ0n) is 13.3. The summed E-state index contributed by atoms with van der Waals surface area (Å²) < 4.78 is 0.745. The topological polar surface area (TPSA) is 99.6 Å². The van der Waals surface area contributed by atoms with Gasteiger partial charge in [-0.15, -0.1) is 0 Å². The summed E-state index contributed by atoms with van der Waals surface area (Å²) in [6, 6.07) is 24.7. The Labute approximate surface area is 155 Å². The van der Waals surface area contributed by atoms with E-state index in [2.05, 4.69) is 22.0 Å². The molecule has 0 fully saturated rings. The lowest BCUT2D eigenvalue weighted by Crippen LogP contribution is -1.92. The van der Waals surface area contributed by atoms with Gasteiger partial charge in [0.15, 0.2) is 0 Å². The smallest absolute Gasteiger partial charge is 0.102 e. The van der Waals surface area contributed by atoms with Crippen molar-refractivity contribution in [2.75, 3.05) is 11.5 Å². The van der Waals surface area contributed by atoms with Gasteiger partial charge in [-0.1, -0.05) is 48.5 Å². The van der Waals surface area contributed by atoms with Crippen LogP contribution >= 0.6 is 15.9 Å². The first kappa shape index (κ1) is 18.1. The van der Waals surface area contributed by atoms with Crippen molar-refractivity contribution < 1.29 is 0 Å². The normalized spacial score (nSPS) is 9.24. The highest BCUT2D eigenvalue weighted by atomic mass is 79.9. The lowest BCUT2D eigenvalue weighted by Gasteiger charge is -2.05. The zero-order chi connectivity index (χ0) is 18.2. The molecule has 122 valence electrons. The number of nitrogen functional groups attached to an aromatic ring is 2. The lowest BCUT2D eigenvalue weighted by atomic mass is 9.99. The molecular weight excluding hydrogens is 376 g/mol. The van der Waals surface area contributed by atoms with Crippen molar-refractivity contribution in [2.24, 2.45) is 0 Å². The van der Waals surface area contributed by atoms with Crippen LogP contribution in [0.5, 0.6) is 0 Å². The maximum atomic E-state index is 9.03. The zero-order valence-corrected chi connectivity index (χ0v) is 14.9. The fourth-order valence-electron chi connectivity index (χ4n) is 2.21. The first-order valence-corrected chi connectivity index (χ1v) is 8.16. The first-order valence-electron chi connectivity index (χ1n) is 7.36. The molecule has 0 heterocycles. The van der Waals surface area contributed by atoms with E-state index < -0.39 is 0 Å². The number of benzene rings is 3. The van der Waals surface area contributed by atoms with Crippen LogP contribution in [0.25, 0.3) is 11.1 Å². The van der Waals surface area contributed by atoms with Gasteiger partial charge in [-0.05, 0) is 39.7 Å². The molecule has 3 aromatic rings. The number of anilines is 2. The molecule has 0 aliphatic carbocycles. The third-order valence-corrected chi connectivity index (χ3v) is 4.11. The number of halogens is 1. The van der Waals surface area contributed by atoms with Gasteiger partial charge in [-0.3, -0.25) is 0 Å². The van der Waals surface area contributed by atoms with E-state index in [1.807, 2.05) is 48.5 Å². The predicted octanol–water partition coefficient (Wildman–Crippen LogP) is 4.71. The molecule has 0 unspecified atom stereocenters. The molecule has 4 nitrogen and oxygen atoms in total. The Morgan fingerprint density at radius 2 is 1.24 bits per heavy atom. The van der Waals surface area contributed by atoms with E-state index in [0.29, 0.717) is 22.5 Å². The second-order valence-corrected chi connectivity index (χ2v) is 5.92. The maximum absolute atomic E-state index is 9.03. The number of hydrogen-bond acceptors (Lipinski definition) is 4. The molecule has 0 aliphatic rings. The van der Waals surface area contributed by atoms with Crippen LogP contribution in [-0.2, 0) is 0 Å². The number of hydrogen-bond donors (Lipinski definition) is 2. The summed E-state index contributed by atoms with van der Waals surface area (Å²) in [6.07, 6.45) is 0. The van der Waals surface area contributed by atoms with Crippen LogP contribution in [0.15, 0.2) is 71.2 Å². The minimum atomic E-state index is 0.502. The molecule has 0 spiro atoms. The van der Waals surface area contributed by atoms with Crippen LogP contribution in [0.1, 0.15) is 11.1 Å². The largest absolute Gasteiger partial charge is 0.398 e. The van der Waals surface area contributed by atoms with Crippen molar-refractivity contribution in [3.8, 4) is 23.3 Å². The summed E-state index contributed by atoms with van der Waals surface area (Å²) in [5.74, 6) is 0. The summed E-state index contributed by atoms with van der Waals surface area (Å²) in [7, 11) is 0. The van der Waals surface area contributed by atoms with Crippen LogP contribution in [0.2, 0.25) is 0 Å². The molecular formula is C20H15BrN4. The van der Waals surface area contributed by atoms with E-state index in [0.717, 1.165) is 15.6 Å². The highest BCUT2D eigenvalue weighted by Crippen LogP contribution is 2.26. The molecule has 3 rings (SSSR count). The Morgan fingerprint density at radius 3 is 1.76 bits per heavy atom. The third kappa shape index (κ3) is 4.38. The SMILES string of the molecule is N#Cc1c(N)cccc1-c1ccccc1.N#Cc1c(N)cccc1Br. The molecule has 3 aromatic carbocycles. The molecule has 25 heavy (non-hydrogen) atoms. The number of nitrogens with two attached hydrogens (primary N) is 2. The minimum Gasteiger partial charge on any atom is -0.398 e. The second-order valence-electron chi connectivity index (χ2n) is 5.06. The molecule has 0 saturated carbocycles. The highest BCUT2D eigenvalue weighted by molar-refractivity contribution is 9.10. The van der Waals surface area contributed by atoms with Gasteiger partial charge in [-0.2, -0.15) is 10.5 Å². The average Bonchev–Trinajstić information content (AvgIpc) is 2.63. The molecule has 0 aliphatic heterocycles. The summed E-state index contributed by atoms with van der Waals surface area (Å²) >= 11 is 3.20. The summed E-state index contributed by atoms with van der Waals surface area (Å²) in [5, 5.41) is 17.6. The van der Waals surface area contributed by atoms with Gasteiger partial charge in [0, 0.05) is 10.0 Å². The van der Waals surface area contributed by atoms with Crippen molar-refractivity contribution in [3.63, 3.8) is 0 Å². The second kappa shape index (κ2) is 8.54. The molecule has 0 atom stereocenters. The van der Waals surface area contributed by atoms with Gasteiger partial charge in [0.2, 0.25) is 0 Å². The minimum absolute atomic E-state index is 0.502. The molecule has 0 radical (unpaired) electrons. The maximum Gasteiger partial charge on any atom is 0.102 e. The Bertz CT molecular complexity index is 933. The number of nitrogens with zero attached hydrogens (tertiary/aromatic N) is 2. The van der Waals surface area contributed by atoms with Crippen molar-refractivity contribution in [1.82, 2.24) is 0 Å². The molecule has 0 aromatic heterocycles. The lowest BCUT2D eigenvalue weighted by molar-refractivity contribution is 1.47. The summed E-state index contributed by atoms with van der Waals surface area (Å²) in [4.78, 5) is 0. The van der Waals surface area contributed by atoms with E-state index in [1.54, 1.807) is 24.3 Å². The van der Waals surface area contributed by atoms with Gasteiger partial charge < -0.3 is 11.5 Å². The number of nitriles is 2. The number of rotatable bonds is 1. The van der Waals surface area contributed by atoms with Crippen LogP contribution < -0.4 is 11.5 Å². The fraction of sp³-hybridized carbons (Fsp3) is 0. The van der Waals surface area contributed by atoms with Crippen molar-refractivity contribution in [1.29, 1.82) is 10.5 Å². The summed E-state index contributed by atoms with van der Waals surface area (Å²) in [6.45, 7) is 0. The van der Waals surface area contributed by atoms with Crippen molar-refractivity contribution >= 4 is 27.3 Å². The van der Waals surface area contributed by atoms with Crippen LogP contribution in [0.4, 0.5) is 11.4 Å². The van der Waals surface area contributed by atoms with Crippen molar-refractivity contribution in [2.45, 2.75) is 0 Å². The Morgan fingerprint density at radius 1 is 0.680 bits per heavy atom. The van der Waals surface area contributed by atoms with Gasteiger partial charge in [0.25, 0.3) is 0 Å². The molecule has 5 heteroatoms. The Hall–Kier alpha value is -3.28. The van der Waals surface area contributed by atoms with Gasteiger partial charge in [-0.25, -0.2) is 0 Å². The first-order chi connectivity index (χ1) is 12.1. The van der Waals surface area contributed by atoms with Gasteiger partial charge in [0.1, 0.15) is 12.1 Å². The van der Waals surface area contributed by atoms with Crippen LogP contribution in [0, 0.1) is 22.7 Å². The monoisotopic (exact) mass is 390 g/mol. The quantitative estimate of drug-likeness (QED) is 0.587. The molecule has 0 bridgehead atoms. The van der Waals surface area contributed by atoms with E-state index in [1.165, 1.54) is 0 Å². The molecule has 0 amide bonds. The van der Waals surface area contributed by atoms with Gasteiger partial charge >= 0.3 is 0 Å². The third-order valence-electron chi connectivity index (χ3n) is 3.45. The Balaban J connectivity index is 0.000000196. The van der Waals surface area contributed by atoms with E-state index in [-0.39, 0.29) is 0 Å². The molecule has 0 saturated heterocycles. The average molecular weight is 391 g/mol. The molecule has 4 N–H and O–H groups in total. The highest BCUT2D eigenvalue weighted by Gasteiger charge is 2.06. The van der Waals surface area contributed by atoms with Gasteiger partial charge in [0.05, 0.1) is 22.5 Å². The van der Waals surface area contributed by atoms with Crippen LogP contribution in [0.3, 0.4) is 0 Å². The standard InChI is InChI=1S/C13H10N2.C7H5BrN2/c14-9-12-11(7-4-8-13(12)15)10-5-2-1-3-6-10;8-6-2-1-3-7(10)5(6)4-9/h1-8H,15H2;1-3H,10H2. The van der Waals surface area contributed by atoms with E-state index in [4.69, 9.17) is 22.0 Å². The summed E-state index contributed by atoms with van der Waals surface area (Å²) in [5.41, 5.74) is 15.2. The predicted molar refractivity (Wildman–Crippen MR) is 104 cm³/mol. The van der Waals surface area contributed by atoms with Crippen molar-refractivity contribution in [3.05, 3.63) is 82.3 Å². The van der Waals surface area contributed by atoms with E-state index >= 15 is 0 Å².